The second kappa shape index (κ2) is 8.11. The molecule has 0 saturated heterocycles. The fourth-order valence-electron chi connectivity index (χ4n) is 1.52. The predicted octanol–water partition coefficient (Wildman–Crippen LogP) is 3.30. The van der Waals surface area contributed by atoms with Crippen molar-refractivity contribution in [3.63, 3.8) is 0 Å². The SMILES string of the molecule is CC(C)CNCCCC(=O)Nc1ccc(Cl)cc1. The lowest BCUT2D eigenvalue weighted by atomic mass is 10.2. The van der Waals surface area contributed by atoms with E-state index >= 15 is 0 Å². The summed E-state index contributed by atoms with van der Waals surface area (Å²) < 4.78 is 0. The highest BCUT2D eigenvalue weighted by Crippen LogP contribution is 2.13. The molecule has 18 heavy (non-hydrogen) atoms. The van der Waals surface area contributed by atoms with Gasteiger partial charge in [-0.05, 0) is 49.7 Å². The van der Waals surface area contributed by atoms with Crippen molar-refractivity contribution in [1.29, 1.82) is 0 Å². The number of amides is 1. The van der Waals surface area contributed by atoms with Crippen molar-refractivity contribution >= 4 is 23.2 Å². The van der Waals surface area contributed by atoms with E-state index < -0.39 is 0 Å². The van der Waals surface area contributed by atoms with Crippen LogP contribution in [0.3, 0.4) is 0 Å². The van der Waals surface area contributed by atoms with Crippen molar-refractivity contribution in [2.45, 2.75) is 26.7 Å². The molecule has 1 amide bonds. The first-order valence-corrected chi connectivity index (χ1v) is 6.72. The first-order valence-electron chi connectivity index (χ1n) is 6.34. The van der Waals surface area contributed by atoms with E-state index in [1.807, 2.05) is 0 Å². The summed E-state index contributed by atoms with van der Waals surface area (Å²) in [5, 5.41) is 6.83. The van der Waals surface area contributed by atoms with E-state index in [2.05, 4.69) is 24.5 Å². The molecule has 1 aromatic carbocycles. The highest BCUT2D eigenvalue weighted by Gasteiger charge is 2.02. The maximum atomic E-state index is 11.6. The second-order valence-corrected chi connectivity index (χ2v) is 5.19. The number of nitrogens with one attached hydrogen (secondary N) is 2. The first kappa shape index (κ1) is 15.0. The Morgan fingerprint density at radius 1 is 1.28 bits per heavy atom. The Morgan fingerprint density at radius 2 is 1.94 bits per heavy atom. The van der Waals surface area contributed by atoms with Gasteiger partial charge in [0.1, 0.15) is 0 Å². The zero-order valence-corrected chi connectivity index (χ0v) is 11.8. The lowest BCUT2D eigenvalue weighted by Crippen LogP contribution is -2.22. The van der Waals surface area contributed by atoms with E-state index in [4.69, 9.17) is 11.6 Å². The summed E-state index contributed by atoms with van der Waals surface area (Å²) in [6.07, 6.45) is 1.39. The van der Waals surface area contributed by atoms with Crippen LogP contribution in [0.5, 0.6) is 0 Å². The molecule has 0 spiro atoms. The zero-order valence-electron chi connectivity index (χ0n) is 11.0. The summed E-state index contributed by atoms with van der Waals surface area (Å²) in [5.41, 5.74) is 0.791. The summed E-state index contributed by atoms with van der Waals surface area (Å²) in [7, 11) is 0. The van der Waals surface area contributed by atoms with E-state index in [1.54, 1.807) is 24.3 Å². The van der Waals surface area contributed by atoms with Gasteiger partial charge in [0.25, 0.3) is 0 Å². The van der Waals surface area contributed by atoms with Gasteiger partial charge in [-0.3, -0.25) is 4.79 Å². The van der Waals surface area contributed by atoms with Gasteiger partial charge in [0.05, 0.1) is 0 Å². The van der Waals surface area contributed by atoms with Crippen molar-refractivity contribution < 1.29 is 4.79 Å². The molecular weight excluding hydrogens is 248 g/mol. The smallest absolute Gasteiger partial charge is 0.224 e. The molecule has 0 bridgehead atoms. The molecule has 1 rings (SSSR count). The molecule has 2 N–H and O–H groups in total. The van der Waals surface area contributed by atoms with Crippen LogP contribution in [0.2, 0.25) is 5.02 Å². The van der Waals surface area contributed by atoms with Gasteiger partial charge in [0, 0.05) is 17.1 Å². The second-order valence-electron chi connectivity index (χ2n) is 4.76. The maximum Gasteiger partial charge on any atom is 0.224 e. The van der Waals surface area contributed by atoms with Gasteiger partial charge < -0.3 is 10.6 Å². The predicted molar refractivity (Wildman–Crippen MR) is 77.0 cm³/mol. The number of halogens is 1. The van der Waals surface area contributed by atoms with Crippen LogP contribution < -0.4 is 10.6 Å². The lowest BCUT2D eigenvalue weighted by molar-refractivity contribution is -0.116. The number of rotatable bonds is 7. The molecule has 0 aliphatic rings. The van der Waals surface area contributed by atoms with Crippen LogP contribution in [0, 0.1) is 5.92 Å². The van der Waals surface area contributed by atoms with E-state index in [-0.39, 0.29) is 5.91 Å². The van der Waals surface area contributed by atoms with Crippen LogP contribution in [0.4, 0.5) is 5.69 Å². The third kappa shape index (κ3) is 6.62. The zero-order chi connectivity index (χ0) is 13.4. The van der Waals surface area contributed by atoms with Crippen molar-refractivity contribution in [3.05, 3.63) is 29.3 Å². The van der Waals surface area contributed by atoms with E-state index in [1.165, 1.54) is 0 Å². The summed E-state index contributed by atoms with van der Waals surface area (Å²) >= 11 is 5.77. The molecule has 0 radical (unpaired) electrons. The summed E-state index contributed by atoms with van der Waals surface area (Å²) in [4.78, 5) is 11.6. The Labute approximate surface area is 114 Å². The molecule has 1 aromatic rings. The third-order valence-corrected chi connectivity index (χ3v) is 2.69. The molecule has 0 aliphatic heterocycles. The summed E-state index contributed by atoms with van der Waals surface area (Å²) in [6, 6.07) is 7.14. The van der Waals surface area contributed by atoms with Gasteiger partial charge >= 0.3 is 0 Å². The van der Waals surface area contributed by atoms with E-state index in [9.17, 15) is 4.79 Å². The molecule has 0 aliphatic carbocycles. The molecule has 4 heteroatoms. The largest absolute Gasteiger partial charge is 0.326 e. The van der Waals surface area contributed by atoms with Crippen LogP contribution in [0.1, 0.15) is 26.7 Å². The molecule has 0 atom stereocenters. The number of hydrogen-bond acceptors (Lipinski definition) is 2. The first-order chi connectivity index (χ1) is 8.58. The minimum Gasteiger partial charge on any atom is -0.326 e. The van der Waals surface area contributed by atoms with Crippen molar-refractivity contribution in [1.82, 2.24) is 5.32 Å². The third-order valence-electron chi connectivity index (χ3n) is 2.44. The van der Waals surface area contributed by atoms with Gasteiger partial charge in [-0.15, -0.1) is 0 Å². The standard InChI is InChI=1S/C14H21ClN2O/c1-11(2)10-16-9-3-4-14(18)17-13-7-5-12(15)6-8-13/h5-8,11,16H,3-4,9-10H2,1-2H3,(H,17,18). The fourth-order valence-corrected chi connectivity index (χ4v) is 1.65. The highest BCUT2D eigenvalue weighted by molar-refractivity contribution is 6.30. The van der Waals surface area contributed by atoms with Gasteiger partial charge in [0.15, 0.2) is 0 Å². The number of carbonyl (C=O) groups excluding carboxylic acids is 1. The van der Waals surface area contributed by atoms with Crippen molar-refractivity contribution in [2.24, 2.45) is 5.92 Å². The maximum absolute atomic E-state index is 11.6. The molecule has 3 nitrogen and oxygen atoms in total. The number of anilines is 1. The number of carbonyl (C=O) groups is 1. The monoisotopic (exact) mass is 268 g/mol. The summed E-state index contributed by atoms with van der Waals surface area (Å²) in [6.45, 7) is 6.21. The van der Waals surface area contributed by atoms with Crippen LogP contribution in [0.25, 0.3) is 0 Å². The van der Waals surface area contributed by atoms with Crippen LogP contribution in [-0.4, -0.2) is 19.0 Å². The summed E-state index contributed by atoms with van der Waals surface area (Å²) in [5.74, 6) is 0.691. The van der Waals surface area contributed by atoms with Gasteiger partial charge in [-0.2, -0.15) is 0 Å². The molecule has 0 fully saturated rings. The molecule has 0 saturated carbocycles. The Balaban J connectivity index is 2.16. The molecule has 100 valence electrons. The van der Waals surface area contributed by atoms with Crippen LogP contribution in [0.15, 0.2) is 24.3 Å². The molecule has 0 aromatic heterocycles. The molecular formula is C14H21ClN2O. The minimum absolute atomic E-state index is 0.0451. The van der Waals surface area contributed by atoms with E-state index in [0.29, 0.717) is 17.4 Å². The Bertz CT molecular complexity index is 363. The van der Waals surface area contributed by atoms with Crippen molar-refractivity contribution in [2.75, 3.05) is 18.4 Å². The Morgan fingerprint density at radius 3 is 2.56 bits per heavy atom. The minimum atomic E-state index is 0.0451. The van der Waals surface area contributed by atoms with Crippen molar-refractivity contribution in [3.8, 4) is 0 Å². The van der Waals surface area contributed by atoms with Gasteiger partial charge in [0.2, 0.25) is 5.91 Å². The fraction of sp³-hybridized carbons (Fsp3) is 0.500. The average Bonchev–Trinajstić information content (AvgIpc) is 2.31. The molecule has 0 unspecified atom stereocenters. The van der Waals surface area contributed by atoms with Crippen LogP contribution >= 0.6 is 11.6 Å². The van der Waals surface area contributed by atoms with Gasteiger partial charge in [-0.1, -0.05) is 25.4 Å². The Hall–Kier alpha value is -1.06. The lowest BCUT2D eigenvalue weighted by Gasteiger charge is -2.07. The topological polar surface area (TPSA) is 41.1 Å². The normalized spacial score (nSPS) is 10.7. The van der Waals surface area contributed by atoms with Crippen LogP contribution in [-0.2, 0) is 4.79 Å². The number of hydrogen-bond donors (Lipinski definition) is 2. The average molecular weight is 269 g/mol. The molecule has 0 heterocycles. The van der Waals surface area contributed by atoms with Gasteiger partial charge in [-0.25, -0.2) is 0 Å². The number of benzene rings is 1. The highest BCUT2D eigenvalue weighted by atomic mass is 35.5. The Kier molecular flexibility index (Phi) is 6.76. The van der Waals surface area contributed by atoms with E-state index in [0.717, 1.165) is 25.2 Å². The quantitative estimate of drug-likeness (QED) is 0.745.